The van der Waals surface area contributed by atoms with Crippen LogP contribution >= 0.6 is 0 Å². The van der Waals surface area contributed by atoms with Crippen LogP contribution in [0.25, 0.3) is 11.1 Å². The largest absolute Gasteiger partial charge is 0.303 e. The quantitative estimate of drug-likeness (QED) is 0.489. The van der Waals surface area contributed by atoms with Gasteiger partial charge in [-0.3, -0.25) is 15.1 Å². The lowest BCUT2D eigenvalue weighted by atomic mass is 10.0. The van der Waals surface area contributed by atoms with E-state index in [1.165, 1.54) is 12.3 Å². The second-order valence-electron chi connectivity index (χ2n) is 3.91. The molecule has 0 aliphatic heterocycles. The number of carbonyl (C=O) groups is 1. The third kappa shape index (κ3) is 2.51. The maximum Gasteiger partial charge on any atom is 0.299 e. The van der Waals surface area contributed by atoms with Crippen LogP contribution < -0.4 is 0 Å². The molecule has 0 aliphatic rings. The van der Waals surface area contributed by atoms with Gasteiger partial charge in [0.15, 0.2) is 0 Å². The molecule has 0 saturated heterocycles. The average molecular weight is 278 g/mol. The van der Waals surface area contributed by atoms with Gasteiger partial charge in [-0.25, -0.2) is 8.78 Å². The highest BCUT2D eigenvalue weighted by atomic mass is 19.1. The van der Waals surface area contributed by atoms with E-state index in [4.69, 9.17) is 0 Å². The van der Waals surface area contributed by atoms with E-state index in [1.807, 2.05) is 0 Å². The van der Waals surface area contributed by atoms with Gasteiger partial charge < -0.3 is 4.79 Å². The molecule has 102 valence electrons. The highest BCUT2D eigenvalue weighted by Gasteiger charge is 2.23. The highest BCUT2D eigenvalue weighted by molar-refractivity contribution is 5.76. The third-order valence-corrected chi connectivity index (χ3v) is 2.68. The van der Waals surface area contributed by atoms with Gasteiger partial charge in [-0.1, -0.05) is 0 Å². The summed E-state index contributed by atoms with van der Waals surface area (Å²) in [6.07, 6.45) is 1.40. The number of hydrogen-bond acceptors (Lipinski definition) is 4. The molecule has 2 aromatic rings. The Kier molecular flexibility index (Phi) is 3.79. The number of hydrogen-bond donors (Lipinski definition) is 0. The summed E-state index contributed by atoms with van der Waals surface area (Å²) in [5.41, 5.74) is -0.944. The van der Waals surface area contributed by atoms with Gasteiger partial charge in [0.1, 0.15) is 23.6 Å². The monoisotopic (exact) mass is 278 g/mol. The molecule has 5 nitrogen and oxygen atoms in total. The van der Waals surface area contributed by atoms with Crippen molar-refractivity contribution in [2.75, 3.05) is 0 Å². The normalized spacial score (nSPS) is 10.3. The summed E-state index contributed by atoms with van der Waals surface area (Å²) in [7, 11) is 0. The van der Waals surface area contributed by atoms with Crippen LogP contribution in [0.4, 0.5) is 14.5 Å². The summed E-state index contributed by atoms with van der Waals surface area (Å²) in [6, 6.07) is 3.87. The van der Waals surface area contributed by atoms with E-state index in [-0.39, 0.29) is 23.2 Å². The zero-order chi connectivity index (χ0) is 14.7. The molecule has 0 saturated carbocycles. The maximum atomic E-state index is 13.7. The molecule has 1 heterocycles. The van der Waals surface area contributed by atoms with Gasteiger partial charge in [0.2, 0.25) is 0 Å². The Bertz CT molecular complexity index is 689. The van der Waals surface area contributed by atoms with Gasteiger partial charge in [-0.2, -0.15) is 0 Å². The second-order valence-corrected chi connectivity index (χ2v) is 3.91. The molecular formula is C13H8F2N2O3. The number of benzene rings is 1. The molecular weight excluding hydrogens is 270 g/mol. The first kappa shape index (κ1) is 13.7. The Balaban J connectivity index is 2.73. The minimum absolute atomic E-state index is 0.0915. The number of pyridine rings is 1. The molecule has 0 unspecified atom stereocenters. The maximum absolute atomic E-state index is 13.7. The van der Waals surface area contributed by atoms with Crippen LogP contribution in [0.2, 0.25) is 0 Å². The minimum Gasteiger partial charge on any atom is -0.303 e. The Hall–Kier alpha value is -2.70. The summed E-state index contributed by atoms with van der Waals surface area (Å²) in [5.74, 6) is -1.51. The fraction of sp³-hybridized carbons (Fsp3) is 0.0769. The molecule has 0 spiro atoms. The van der Waals surface area contributed by atoms with E-state index in [0.29, 0.717) is 6.29 Å². The highest BCUT2D eigenvalue weighted by Crippen LogP contribution is 2.33. The predicted octanol–water partition coefficient (Wildman–Crippen LogP) is 2.68. The zero-order valence-electron chi connectivity index (χ0n) is 10.0. The predicted molar refractivity (Wildman–Crippen MR) is 66.0 cm³/mol. The first-order chi connectivity index (χ1) is 9.54. The molecule has 0 atom stereocenters. The number of nitrogens with zero attached hydrogens (tertiary/aromatic N) is 2. The summed E-state index contributed by atoms with van der Waals surface area (Å²) >= 11 is 0. The molecule has 1 aromatic carbocycles. The Morgan fingerprint density at radius 1 is 1.25 bits per heavy atom. The summed E-state index contributed by atoms with van der Waals surface area (Å²) < 4.78 is 26.9. The molecule has 7 heteroatoms. The minimum atomic E-state index is -0.794. The van der Waals surface area contributed by atoms with E-state index in [2.05, 4.69) is 4.98 Å². The SMILES string of the molecule is O=CCc1nccc(-c2cc(F)ccc2F)c1[N+](=O)[O-]. The fourth-order valence-electron chi connectivity index (χ4n) is 1.85. The molecule has 0 amide bonds. The lowest BCUT2D eigenvalue weighted by Crippen LogP contribution is -2.02. The number of halogens is 2. The second kappa shape index (κ2) is 5.52. The van der Waals surface area contributed by atoms with Gasteiger partial charge >= 0.3 is 0 Å². The number of aldehydes is 1. The van der Waals surface area contributed by atoms with Crippen LogP contribution in [0.5, 0.6) is 0 Å². The standard InChI is InChI=1S/C13H8F2N2O3/c14-8-1-2-11(15)10(7-8)9-3-5-16-12(4-6-18)13(9)17(19)20/h1-3,5-7H,4H2. The van der Waals surface area contributed by atoms with Crippen molar-refractivity contribution in [3.63, 3.8) is 0 Å². The van der Waals surface area contributed by atoms with Gasteiger partial charge in [0, 0.05) is 11.8 Å². The van der Waals surface area contributed by atoms with Crippen molar-refractivity contribution >= 4 is 12.0 Å². The molecule has 20 heavy (non-hydrogen) atoms. The Labute approximate surface area is 112 Å². The van der Waals surface area contributed by atoms with Gasteiger partial charge in [-0.15, -0.1) is 0 Å². The van der Waals surface area contributed by atoms with Crippen LogP contribution in [-0.2, 0) is 11.2 Å². The Morgan fingerprint density at radius 2 is 2.00 bits per heavy atom. The zero-order valence-corrected chi connectivity index (χ0v) is 10.0. The van der Waals surface area contributed by atoms with Gasteiger partial charge in [-0.05, 0) is 24.3 Å². The molecule has 0 aliphatic carbocycles. The summed E-state index contributed by atoms with van der Waals surface area (Å²) in [4.78, 5) is 24.6. The van der Waals surface area contributed by atoms with Crippen molar-refractivity contribution in [3.05, 3.63) is 57.9 Å². The van der Waals surface area contributed by atoms with Crippen LogP contribution in [0.3, 0.4) is 0 Å². The van der Waals surface area contributed by atoms with E-state index in [9.17, 15) is 23.7 Å². The molecule has 2 rings (SSSR count). The van der Waals surface area contributed by atoms with Crippen LogP contribution in [0.1, 0.15) is 5.69 Å². The van der Waals surface area contributed by atoms with Crippen LogP contribution in [0, 0.1) is 21.7 Å². The van der Waals surface area contributed by atoms with Crippen molar-refractivity contribution in [2.45, 2.75) is 6.42 Å². The number of nitro groups is 1. The van der Waals surface area contributed by atoms with Crippen LogP contribution in [-0.4, -0.2) is 16.2 Å². The van der Waals surface area contributed by atoms with Gasteiger partial charge in [0.25, 0.3) is 5.69 Å². The summed E-state index contributed by atoms with van der Waals surface area (Å²) in [5, 5.41) is 11.1. The van der Waals surface area contributed by atoms with E-state index < -0.39 is 22.2 Å². The number of aromatic nitrogens is 1. The van der Waals surface area contributed by atoms with Gasteiger partial charge in [0.05, 0.1) is 16.9 Å². The number of carbonyl (C=O) groups excluding carboxylic acids is 1. The van der Waals surface area contributed by atoms with Crippen molar-refractivity contribution in [1.29, 1.82) is 0 Å². The smallest absolute Gasteiger partial charge is 0.299 e. The molecule has 0 N–H and O–H groups in total. The van der Waals surface area contributed by atoms with Crippen molar-refractivity contribution < 1.29 is 18.5 Å². The third-order valence-electron chi connectivity index (χ3n) is 2.68. The van der Waals surface area contributed by atoms with E-state index in [1.54, 1.807) is 0 Å². The fourth-order valence-corrected chi connectivity index (χ4v) is 1.85. The molecule has 1 aromatic heterocycles. The van der Waals surface area contributed by atoms with E-state index in [0.717, 1.165) is 18.2 Å². The molecule has 0 fully saturated rings. The van der Waals surface area contributed by atoms with Crippen molar-refractivity contribution in [1.82, 2.24) is 4.98 Å². The lowest BCUT2D eigenvalue weighted by molar-refractivity contribution is -0.385. The van der Waals surface area contributed by atoms with Crippen molar-refractivity contribution in [3.8, 4) is 11.1 Å². The topological polar surface area (TPSA) is 73.1 Å². The first-order valence-electron chi connectivity index (χ1n) is 5.56. The van der Waals surface area contributed by atoms with Crippen molar-refractivity contribution in [2.24, 2.45) is 0 Å². The molecule has 0 radical (unpaired) electrons. The summed E-state index contributed by atoms with van der Waals surface area (Å²) in [6.45, 7) is 0. The van der Waals surface area contributed by atoms with Crippen LogP contribution in [0.15, 0.2) is 30.5 Å². The number of rotatable bonds is 4. The molecule has 0 bridgehead atoms. The first-order valence-corrected chi connectivity index (χ1v) is 5.56. The Morgan fingerprint density at radius 3 is 2.65 bits per heavy atom. The van der Waals surface area contributed by atoms with E-state index >= 15 is 0 Å². The average Bonchev–Trinajstić information content (AvgIpc) is 2.41. The lowest BCUT2D eigenvalue weighted by Gasteiger charge is -2.07.